The third kappa shape index (κ3) is 2.96. The number of hydrogen-bond acceptors (Lipinski definition) is 3. The summed E-state index contributed by atoms with van der Waals surface area (Å²) in [4.78, 5) is 12.1. The number of benzene rings is 1. The summed E-state index contributed by atoms with van der Waals surface area (Å²) in [6, 6.07) is 5.22. The predicted molar refractivity (Wildman–Crippen MR) is 77.7 cm³/mol. The topological polar surface area (TPSA) is 72.9 Å². The maximum Gasteiger partial charge on any atom is 0.252 e. The van der Waals surface area contributed by atoms with E-state index in [-0.39, 0.29) is 5.91 Å². The Kier molecular flexibility index (Phi) is 3.90. The van der Waals surface area contributed by atoms with Crippen molar-refractivity contribution in [3.63, 3.8) is 0 Å². The molecule has 1 aromatic carbocycles. The summed E-state index contributed by atoms with van der Waals surface area (Å²) in [7, 11) is 1.85. The van der Waals surface area contributed by atoms with Crippen LogP contribution in [-0.2, 0) is 13.6 Å². The van der Waals surface area contributed by atoms with Crippen molar-refractivity contribution in [2.75, 3.05) is 5.73 Å². The van der Waals surface area contributed by atoms with Crippen molar-refractivity contribution in [2.45, 2.75) is 13.5 Å². The van der Waals surface area contributed by atoms with Gasteiger partial charge in [-0.05, 0) is 35.0 Å². The summed E-state index contributed by atoms with van der Waals surface area (Å²) < 4.78 is 2.35. The summed E-state index contributed by atoms with van der Waals surface area (Å²) in [5, 5.41) is 7.09. The first kappa shape index (κ1) is 13.6. The number of nitrogens with two attached hydrogens (primary N) is 1. The Balaban J connectivity index is 2.10. The number of nitrogens with one attached hydrogen (secondary N) is 1. The molecule has 2 aromatic rings. The highest BCUT2D eigenvalue weighted by Crippen LogP contribution is 2.23. The van der Waals surface area contributed by atoms with Crippen LogP contribution in [0.2, 0.25) is 0 Å². The molecule has 0 unspecified atom stereocenters. The zero-order valence-electron chi connectivity index (χ0n) is 10.8. The number of rotatable bonds is 3. The van der Waals surface area contributed by atoms with E-state index in [1.54, 1.807) is 22.9 Å². The molecule has 0 bridgehead atoms. The molecule has 5 nitrogen and oxygen atoms in total. The van der Waals surface area contributed by atoms with Crippen molar-refractivity contribution in [1.29, 1.82) is 0 Å². The number of halogens is 1. The number of carbonyl (C=O) groups excluding carboxylic acids is 1. The number of amides is 1. The van der Waals surface area contributed by atoms with Gasteiger partial charge >= 0.3 is 0 Å². The lowest BCUT2D eigenvalue weighted by Crippen LogP contribution is -2.23. The van der Waals surface area contributed by atoms with Gasteiger partial charge in [-0.2, -0.15) is 5.10 Å². The minimum absolute atomic E-state index is 0.164. The van der Waals surface area contributed by atoms with E-state index in [0.717, 1.165) is 11.3 Å². The largest absolute Gasteiger partial charge is 0.398 e. The van der Waals surface area contributed by atoms with Crippen LogP contribution in [0.15, 0.2) is 28.9 Å². The molecule has 0 atom stereocenters. The van der Waals surface area contributed by atoms with Gasteiger partial charge in [-0.15, -0.1) is 0 Å². The molecule has 1 aromatic heterocycles. The van der Waals surface area contributed by atoms with E-state index in [1.807, 2.05) is 20.2 Å². The smallest absolute Gasteiger partial charge is 0.252 e. The monoisotopic (exact) mass is 322 g/mol. The number of aromatic nitrogens is 2. The van der Waals surface area contributed by atoms with E-state index >= 15 is 0 Å². The number of nitrogen functional groups attached to an aromatic ring is 1. The number of hydrogen-bond donors (Lipinski definition) is 2. The molecule has 19 heavy (non-hydrogen) atoms. The first-order valence-electron chi connectivity index (χ1n) is 5.80. The minimum Gasteiger partial charge on any atom is -0.398 e. The van der Waals surface area contributed by atoms with Crippen molar-refractivity contribution >= 4 is 27.5 Å². The molecule has 1 amide bonds. The summed E-state index contributed by atoms with van der Waals surface area (Å²) in [5.74, 6) is -0.164. The number of anilines is 1. The van der Waals surface area contributed by atoms with Gasteiger partial charge in [0.2, 0.25) is 0 Å². The molecule has 0 spiro atoms. The highest BCUT2D eigenvalue weighted by Gasteiger charge is 2.12. The van der Waals surface area contributed by atoms with Gasteiger partial charge in [-0.3, -0.25) is 9.48 Å². The van der Waals surface area contributed by atoms with Crippen LogP contribution in [0.1, 0.15) is 21.6 Å². The van der Waals surface area contributed by atoms with Crippen molar-refractivity contribution in [3.8, 4) is 0 Å². The van der Waals surface area contributed by atoms with Crippen LogP contribution in [-0.4, -0.2) is 15.7 Å². The molecule has 0 aliphatic heterocycles. The Morgan fingerprint density at radius 2 is 2.26 bits per heavy atom. The molecular formula is C13H15BrN4O. The lowest BCUT2D eigenvalue weighted by Gasteiger charge is -2.07. The van der Waals surface area contributed by atoms with Crippen LogP contribution in [0.3, 0.4) is 0 Å². The van der Waals surface area contributed by atoms with E-state index < -0.39 is 0 Å². The van der Waals surface area contributed by atoms with Crippen LogP contribution in [0, 0.1) is 6.92 Å². The lowest BCUT2D eigenvalue weighted by molar-refractivity contribution is 0.0950. The predicted octanol–water partition coefficient (Wildman–Crippen LogP) is 2.00. The first-order valence-corrected chi connectivity index (χ1v) is 6.59. The maximum absolute atomic E-state index is 12.1. The fraction of sp³-hybridized carbons (Fsp3) is 0.231. The van der Waals surface area contributed by atoms with Gasteiger partial charge in [0.15, 0.2) is 0 Å². The van der Waals surface area contributed by atoms with Crippen LogP contribution < -0.4 is 11.1 Å². The summed E-state index contributed by atoms with van der Waals surface area (Å²) >= 11 is 3.32. The Morgan fingerprint density at radius 3 is 2.89 bits per heavy atom. The zero-order valence-corrected chi connectivity index (χ0v) is 12.4. The van der Waals surface area contributed by atoms with Crippen molar-refractivity contribution < 1.29 is 4.79 Å². The summed E-state index contributed by atoms with van der Waals surface area (Å²) in [5.41, 5.74) is 8.74. The highest BCUT2D eigenvalue weighted by atomic mass is 79.9. The highest BCUT2D eigenvalue weighted by molar-refractivity contribution is 9.10. The van der Waals surface area contributed by atoms with E-state index in [4.69, 9.17) is 5.73 Å². The second kappa shape index (κ2) is 5.44. The van der Waals surface area contributed by atoms with Crippen molar-refractivity contribution in [2.24, 2.45) is 7.05 Å². The molecule has 0 saturated heterocycles. The van der Waals surface area contributed by atoms with E-state index in [9.17, 15) is 4.79 Å². The fourth-order valence-electron chi connectivity index (χ4n) is 1.82. The molecule has 0 radical (unpaired) electrons. The molecule has 2 rings (SSSR count). The van der Waals surface area contributed by atoms with E-state index in [0.29, 0.717) is 22.3 Å². The Bertz CT molecular complexity index is 621. The number of carbonyl (C=O) groups is 1. The molecular weight excluding hydrogens is 308 g/mol. The minimum atomic E-state index is -0.164. The maximum atomic E-state index is 12.1. The molecule has 0 aliphatic rings. The quantitative estimate of drug-likeness (QED) is 0.849. The van der Waals surface area contributed by atoms with Crippen LogP contribution >= 0.6 is 15.9 Å². The third-order valence-corrected chi connectivity index (χ3v) is 3.71. The van der Waals surface area contributed by atoms with Crippen molar-refractivity contribution in [1.82, 2.24) is 15.1 Å². The van der Waals surface area contributed by atoms with Gasteiger partial charge in [-0.25, -0.2) is 0 Å². The SMILES string of the molecule is Cc1nn(C)cc1CNC(=O)c1cccc(N)c1Br. The van der Waals surface area contributed by atoms with Gasteiger partial charge in [0, 0.05) is 31.0 Å². The Hall–Kier alpha value is -1.82. The van der Waals surface area contributed by atoms with Crippen LogP contribution in [0.5, 0.6) is 0 Å². The lowest BCUT2D eigenvalue weighted by atomic mass is 10.2. The van der Waals surface area contributed by atoms with E-state index in [1.165, 1.54) is 0 Å². The van der Waals surface area contributed by atoms with Gasteiger partial charge in [0.05, 0.1) is 15.7 Å². The Morgan fingerprint density at radius 1 is 1.53 bits per heavy atom. The standard InChI is InChI=1S/C13H15BrN4O/c1-8-9(7-18(2)17-8)6-16-13(19)10-4-3-5-11(15)12(10)14/h3-5,7H,6,15H2,1-2H3,(H,16,19). The van der Waals surface area contributed by atoms with Crippen LogP contribution in [0.25, 0.3) is 0 Å². The van der Waals surface area contributed by atoms with Crippen LogP contribution in [0.4, 0.5) is 5.69 Å². The molecule has 0 fully saturated rings. The first-order chi connectivity index (χ1) is 8.99. The zero-order chi connectivity index (χ0) is 14.0. The normalized spacial score (nSPS) is 10.5. The van der Waals surface area contributed by atoms with Gasteiger partial charge in [-0.1, -0.05) is 6.07 Å². The van der Waals surface area contributed by atoms with Gasteiger partial charge in [0.25, 0.3) is 5.91 Å². The summed E-state index contributed by atoms with van der Waals surface area (Å²) in [6.45, 7) is 2.36. The second-order valence-electron chi connectivity index (χ2n) is 4.30. The fourth-order valence-corrected chi connectivity index (χ4v) is 2.26. The Labute approximate surface area is 119 Å². The molecule has 1 heterocycles. The number of aryl methyl sites for hydroxylation is 2. The molecule has 100 valence electrons. The van der Waals surface area contributed by atoms with E-state index in [2.05, 4.69) is 26.3 Å². The van der Waals surface area contributed by atoms with Gasteiger partial charge in [0.1, 0.15) is 0 Å². The average molecular weight is 323 g/mol. The molecule has 6 heteroatoms. The van der Waals surface area contributed by atoms with Gasteiger partial charge < -0.3 is 11.1 Å². The second-order valence-corrected chi connectivity index (χ2v) is 5.10. The molecule has 0 aliphatic carbocycles. The number of nitrogens with zero attached hydrogens (tertiary/aromatic N) is 2. The molecule has 0 saturated carbocycles. The molecule has 3 N–H and O–H groups in total. The third-order valence-electron chi connectivity index (χ3n) is 2.83. The summed E-state index contributed by atoms with van der Waals surface area (Å²) in [6.07, 6.45) is 1.89. The van der Waals surface area contributed by atoms with Crippen molar-refractivity contribution in [3.05, 3.63) is 45.7 Å². The average Bonchev–Trinajstić information content (AvgIpc) is 2.68.